The number of hydrogen-bond donors (Lipinski definition) is 1. The number of likely N-dealkylation sites (N-methyl/N-ethyl adjacent to an activating group) is 1. The van der Waals surface area contributed by atoms with Crippen LogP contribution in [-0.4, -0.2) is 123 Å². The number of fused-ring (bicyclic) bond motifs is 1. The highest BCUT2D eigenvalue weighted by molar-refractivity contribution is 8.00. The van der Waals surface area contributed by atoms with Crippen LogP contribution in [0.5, 0.6) is 0 Å². The Hall–Kier alpha value is -2.36. The number of Topliss-reactive ketones (excluding diaryl/α,β-unsaturated/α-hetero) is 2. The van der Waals surface area contributed by atoms with E-state index in [1.807, 2.05) is 57.5 Å². The molecule has 1 N–H and O–H groups in total. The van der Waals surface area contributed by atoms with Crippen molar-refractivity contribution in [3.63, 3.8) is 0 Å². The van der Waals surface area contributed by atoms with Crippen molar-refractivity contribution >= 4 is 35.3 Å². The van der Waals surface area contributed by atoms with Gasteiger partial charge in [-0.05, 0) is 61.1 Å². The summed E-state index contributed by atoms with van der Waals surface area (Å²) in [5.74, 6) is -5.31. The molecule has 0 amide bonds. The van der Waals surface area contributed by atoms with Gasteiger partial charge in [-0.15, -0.1) is 11.8 Å². The van der Waals surface area contributed by atoms with E-state index < -0.39 is 88.4 Å². The number of aliphatic hydroxyl groups excluding tert-OH is 1. The fourth-order valence-corrected chi connectivity index (χ4v) is 9.92. The van der Waals surface area contributed by atoms with E-state index in [0.29, 0.717) is 25.1 Å². The summed E-state index contributed by atoms with van der Waals surface area (Å²) < 4.78 is 33.0. The van der Waals surface area contributed by atoms with E-state index in [-0.39, 0.29) is 24.3 Å². The van der Waals surface area contributed by atoms with Crippen molar-refractivity contribution in [2.75, 3.05) is 27.0 Å². The lowest BCUT2D eigenvalue weighted by Crippen LogP contribution is -2.59. The Bertz CT molecular complexity index is 1380. The molecule has 3 saturated heterocycles. The van der Waals surface area contributed by atoms with Crippen molar-refractivity contribution in [2.24, 2.45) is 29.6 Å². The molecule has 13 nitrogen and oxygen atoms in total. The number of nitrogens with zero attached hydrogens (tertiary/aromatic N) is 3. The highest BCUT2D eigenvalue weighted by atomic mass is 32.2. The van der Waals surface area contributed by atoms with Crippen molar-refractivity contribution in [3.8, 4) is 0 Å². The van der Waals surface area contributed by atoms with Gasteiger partial charge in [0.15, 0.2) is 17.7 Å². The zero-order valence-corrected chi connectivity index (χ0v) is 32.9. The molecule has 0 saturated carbocycles. The van der Waals surface area contributed by atoms with Gasteiger partial charge in [0.1, 0.15) is 29.2 Å². The topological polar surface area (TPSA) is 156 Å². The number of rotatable bonds is 9. The minimum absolute atomic E-state index is 0.118. The minimum atomic E-state index is -1.33. The lowest BCUT2D eigenvalue weighted by molar-refractivity contribution is -0.295. The van der Waals surface area contributed by atoms with Crippen molar-refractivity contribution in [2.45, 2.75) is 134 Å². The Labute approximate surface area is 306 Å². The van der Waals surface area contributed by atoms with Gasteiger partial charge in [0.05, 0.1) is 24.1 Å². The number of carbonyl (C=O) groups is 4. The van der Waals surface area contributed by atoms with Crippen molar-refractivity contribution < 1.29 is 48.0 Å². The number of thioether (sulfide) groups is 1. The molecule has 3 aliphatic heterocycles. The third-order valence-corrected chi connectivity index (χ3v) is 12.8. The lowest BCUT2D eigenvalue weighted by atomic mass is 9.70. The Balaban J connectivity index is 1.75. The number of aliphatic hydroxyl groups is 1. The number of methoxy groups -OCH3 is 1. The van der Waals surface area contributed by atoms with E-state index in [1.165, 1.54) is 25.8 Å². The van der Waals surface area contributed by atoms with E-state index in [4.69, 9.17) is 23.7 Å². The fraction of sp³-hybridized carbons (Fsp3) is 0.811. The first-order chi connectivity index (χ1) is 23.9. The summed E-state index contributed by atoms with van der Waals surface area (Å²) in [4.78, 5) is 62.3. The van der Waals surface area contributed by atoms with Crippen molar-refractivity contribution in [1.82, 2.24) is 14.5 Å². The molecule has 51 heavy (non-hydrogen) atoms. The molecule has 3 aliphatic rings. The van der Waals surface area contributed by atoms with Crippen LogP contribution in [0.2, 0.25) is 0 Å². The number of esters is 2. The molecule has 0 bridgehead atoms. The van der Waals surface area contributed by atoms with Crippen LogP contribution in [0.15, 0.2) is 18.7 Å². The third kappa shape index (κ3) is 8.56. The number of imidazole rings is 1. The van der Waals surface area contributed by atoms with Crippen LogP contribution < -0.4 is 0 Å². The second-order valence-corrected chi connectivity index (χ2v) is 16.7. The van der Waals surface area contributed by atoms with Crippen LogP contribution in [0.4, 0.5) is 0 Å². The molecule has 0 radical (unpaired) electrons. The highest BCUT2D eigenvalue weighted by Crippen LogP contribution is 2.49. The summed E-state index contributed by atoms with van der Waals surface area (Å²) in [7, 11) is 5.24. The number of aromatic nitrogens is 2. The van der Waals surface area contributed by atoms with Crippen LogP contribution in [0.1, 0.15) is 74.7 Å². The second-order valence-electron chi connectivity index (χ2n) is 15.4. The van der Waals surface area contributed by atoms with E-state index in [1.54, 1.807) is 33.3 Å². The molecule has 0 spiro atoms. The quantitative estimate of drug-likeness (QED) is 0.291. The lowest BCUT2D eigenvalue weighted by Gasteiger charge is -2.47. The van der Waals surface area contributed by atoms with Crippen LogP contribution >= 0.6 is 11.8 Å². The molecule has 0 aliphatic carbocycles. The van der Waals surface area contributed by atoms with Crippen LogP contribution in [0.3, 0.4) is 0 Å². The molecule has 0 aromatic carbocycles. The standard InChI is InChI=1S/C37H59N3O10S/c1-12-26-37(8)27(31(34(45)50-37)51-16-15-40-14-13-38-19-40)22(4)28(41)20(2)18-36(7,46-11)32(23(5)29(42)24(6)33(44)48-26)49-35-30(43)25(39(9)10)17-21(3)47-35/h13-14,19-27,30-32,35,43H,12,15-18H2,1-11H3/t20-,21-,22-,23+,24-,25+,26-,27+,30-,31+,32-,35+,36-,37-/m1/s1. The van der Waals surface area contributed by atoms with Crippen molar-refractivity contribution in [1.29, 1.82) is 0 Å². The SMILES string of the molecule is CC[C@H]1OC(=O)[C@H](C)C(=O)[C@H](C)[C@@H](O[C@@H]2O[C@H](C)C[C@H](N(C)C)[C@H]2O)[C@](C)(OC)C[C@@H](C)C(=O)[C@H](C)[C@H]2[C@H](SCCn3ccnc3)C(=O)O[C@@]21C. The molecule has 3 fully saturated rings. The number of hydrogen-bond acceptors (Lipinski definition) is 13. The molecular weight excluding hydrogens is 678 g/mol. The van der Waals surface area contributed by atoms with Gasteiger partial charge in [0.2, 0.25) is 0 Å². The predicted octanol–water partition coefficient (Wildman–Crippen LogP) is 3.54. The number of carbonyl (C=O) groups excluding carboxylic acids is 4. The number of cyclic esters (lactones) is 1. The first-order valence-electron chi connectivity index (χ1n) is 18.2. The normalized spacial score (nSPS) is 41.6. The predicted molar refractivity (Wildman–Crippen MR) is 191 cm³/mol. The van der Waals surface area contributed by atoms with E-state index in [0.717, 1.165) is 0 Å². The smallest absolute Gasteiger partial charge is 0.320 e. The summed E-state index contributed by atoms with van der Waals surface area (Å²) in [6.45, 7) is 14.6. The monoisotopic (exact) mass is 737 g/mol. The molecular formula is C37H59N3O10S. The van der Waals surface area contributed by atoms with Gasteiger partial charge in [-0.2, -0.15) is 0 Å². The van der Waals surface area contributed by atoms with Gasteiger partial charge < -0.3 is 38.3 Å². The summed E-state index contributed by atoms with van der Waals surface area (Å²) in [6, 6.07) is -0.269. The van der Waals surface area contributed by atoms with Gasteiger partial charge >= 0.3 is 11.9 Å². The molecule has 0 unspecified atom stereocenters. The summed E-state index contributed by atoms with van der Waals surface area (Å²) in [5, 5.41) is 10.7. The molecule has 1 aromatic heterocycles. The number of ketones is 2. The number of aryl methyl sites for hydroxylation is 1. The van der Waals surface area contributed by atoms with Crippen LogP contribution in [0, 0.1) is 29.6 Å². The summed E-state index contributed by atoms with van der Waals surface area (Å²) >= 11 is 1.41. The highest BCUT2D eigenvalue weighted by Gasteiger charge is 2.61. The maximum atomic E-state index is 14.6. The Kier molecular flexibility index (Phi) is 13.6. The van der Waals surface area contributed by atoms with Crippen molar-refractivity contribution in [3.05, 3.63) is 18.7 Å². The Morgan fingerprint density at radius 2 is 1.75 bits per heavy atom. The zero-order valence-electron chi connectivity index (χ0n) is 32.1. The van der Waals surface area contributed by atoms with Gasteiger partial charge in [-0.3, -0.25) is 19.2 Å². The molecule has 1 aromatic rings. The maximum Gasteiger partial charge on any atom is 0.320 e. The average molecular weight is 738 g/mol. The van der Waals surface area contributed by atoms with Gasteiger partial charge in [0, 0.05) is 61.5 Å². The first kappa shape index (κ1) is 41.4. The van der Waals surface area contributed by atoms with Gasteiger partial charge in [0.25, 0.3) is 0 Å². The van der Waals surface area contributed by atoms with E-state index in [2.05, 4.69) is 4.98 Å². The van der Waals surface area contributed by atoms with Crippen LogP contribution in [0.25, 0.3) is 0 Å². The van der Waals surface area contributed by atoms with Gasteiger partial charge in [-0.1, -0.05) is 27.7 Å². The van der Waals surface area contributed by atoms with Crippen LogP contribution in [-0.2, 0) is 49.4 Å². The minimum Gasteiger partial charge on any atom is -0.458 e. The Morgan fingerprint density at radius 1 is 1.06 bits per heavy atom. The molecule has 14 heteroatoms. The molecule has 4 rings (SSSR count). The maximum absolute atomic E-state index is 14.6. The molecule has 14 atom stereocenters. The number of ether oxygens (including phenoxy) is 5. The fourth-order valence-electron chi connectivity index (χ4n) is 8.45. The second kappa shape index (κ2) is 16.8. The largest absolute Gasteiger partial charge is 0.458 e. The molecule has 288 valence electrons. The first-order valence-corrected chi connectivity index (χ1v) is 19.2. The average Bonchev–Trinajstić information content (AvgIpc) is 3.70. The van der Waals surface area contributed by atoms with Gasteiger partial charge in [-0.25, -0.2) is 4.98 Å². The van der Waals surface area contributed by atoms with E-state index >= 15 is 0 Å². The molecule has 4 heterocycles. The summed E-state index contributed by atoms with van der Waals surface area (Å²) in [6.07, 6.45) is 1.92. The Morgan fingerprint density at radius 3 is 2.33 bits per heavy atom. The van der Waals surface area contributed by atoms with E-state index in [9.17, 15) is 24.3 Å². The summed E-state index contributed by atoms with van der Waals surface area (Å²) in [5.41, 5.74) is -2.57. The zero-order chi connectivity index (χ0) is 38.0. The third-order valence-electron chi connectivity index (χ3n) is 11.5.